The second-order valence-corrected chi connectivity index (χ2v) is 5.94. The van der Waals surface area contributed by atoms with Crippen LogP contribution in [0.4, 0.5) is 5.69 Å². The van der Waals surface area contributed by atoms with Crippen molar-refractivity contribution in [3.63, 3.8) is 0 Å². The molecule has 0 bridgehead atoms. The minimum absolute atomic E-state index is 0.0154. The lowest BCUT2D eigenvalue weighted by Gasteiger charge is -2.23. The Morgan fingerprint density at radius 3 is 2.36 bits per heavy atom. The number of rotatable bonds is 8. The van der Waals surface area contributed by atoms with Gasteiger partial charge in [-0.05, 0) is 43.5 Å². The van der Waals surface area contributed by atoms with E-state index in [0.29, 0.717) is 31.0 Å². The highest BCUT2D eigenvalue weighted by molar-refractivity contribution is 5.94. The Morgan fingerprint density at radius 1 is 1.23 bits per heavy atom. The predicted molar refractivity (Wildman–Crippen MR) is 91.0 cm³/mol. The number of carbonyl (C=O) groups is 1. The van der Waals surface area contributed by atoms with Crippen molar-refractivity contribution in [3.8, 4) is 6.07 Å². The third-order valence-electron chi connectivity index (χ3n) is 3.79. The second-order valence-electron chi connectivity index (χ2n) is 5.94. The van der Waals surface area contributed by atoms with Crippen LogP contribution in [0.2, 0.25) is 0 Å². The average Bonchev–Trinajstić information content (AvgIpc) is 2.53. The van der Waals surface area contributed by atoms with Crippen LogP contribution in [0.15, 0.2) is 24.3 Å². The van der Waals surface area contributed by atoms with Crippen molar-refractivity contribution in [1.82, 2.24) is 4.90 Å². The normalized spacial score (nSPS) is 10.4. The van der Waals surface area contributed by atoms with E-state index < -0.39 is 0 Å². The quantitative estimate of drug-likeness (QED) is 0.738. The number of hydrogen-bond acceptors (Lipinski definition) is 3. The van der Waals surface area contributed by atoms with E-state index in [1.165, 1.54) is 0 Å². The van der Waals surface area contributed by atoms with Gasteiger partial charge in [0.2, 0.25) is 0 Å². The summed E-state index contributed by atoms with van der Waals surface area (Å²) < 4.78 is 0. The summed E-state index contributed by atoms with van der Waals surface area (Å²) in [6.07, 6.45) is 1.33. The number of nitriles is 1. The van der Waals surface area contributed by atoms with Gasteiger partial charge in [0.05, 0.1) is 12.5 Å². The summed E-state index contributed by atoms with van der Waals surface area (Å²) in [6.45, 7) is 8.50. The largest absolute Gasteiger partial charge is 0.375 e. The Morgan fingerprint density at radius 2 is 1.86 bits per heavy atom. The van der Waals surface area contributed by atoms with Gasteiger partial charge in [-0.1, -0.05) is 13.8 Å². The van der Waals surface area contributed by atoms with Crippen LogP contribution in [0.5, 0.6) is 0 Å². The van der Waals surface area contributed by atoms with E-state index in [0.717, 1.165) is 18.7 Å². The second kappa shape index (κ2) is 9.09. The minimum atomic E-state index is 0.0154. The summed E-state index contributed by atoms with van der Waals surface area (Å²) in [7, 11) is 2.03. The van der Waals surface area contributed by atoms with Gasteiger partial charge in [0.1, 0.15) is 0 Å². The first kappa shape index (κ1) is 18.0. The summed E-state index contributed by atoms with van der Waals surface area (Å²) in [5.74, 6) is 0.555. The first-order chi connectivity index (χ1) is 10.5. The zero-order valence-corrected chi connectivity index (χ0v) is 14.2. The molecule has 0 N–H and O–H groups in total. The van der Waals surface area contributed by atoms with Crippen molar-refractivity contribution in [1.29, 1.82) is 5.26 Å². The molecule has 0 saturated carbocycles. The molecule has 0 unspecified atom stereocenters. The fourth-order valence-corrected chi connectivity index (χ4v) is 2.14. The number of carbonyl (C=O) groups excluding carboxylic acids is 1. The van der Waals surface area contributed by atoms with Crippen molar-refractivity contribution >= 4 is 11.6 Å². The summed E-state index contributed by atoms with van der Waals surface area (Å²) in [5.41, 5.74) is 1.79. The molecule has 4 nitrogen and oxygen atoms in total. The first-order valence-electron chi connectivity index (χ1n) is 7.97. The molecule has 0 aliphatic heterocycles. The van der Waals surface area contributed by atoms with Crippen molar-refractivity contribution in [3.05, 3.63) is 29.8 Å². The summed E-state index contributed by atoms with van der Waals surface area (Å²) >= 11 is 0. The van der Waals surface area contributed by atoms with Crippen molar-refractivity contribution < 1.29 is 4.79 Å². The maximum atomic E-state index is 12.6. The molecule has 0 heterocycles. The van der Waals surface area contributed by atoms with Gasteiger partial charge in [-0.25, -0.2) is 0 Å². The van der Waals surface area contributed by atoms with Gasteiger partial charge >= 0.3 is 0 Å². The van der Waals surface area contributed by atoms with Gasteiger partial charge in [-0.3, -0.25) is 4.79 Å². The standard InChI is InChI=1S/C18H27N3O/c1-5-20(4)17-9-7-16(8-10-17)18(22)21(13-6-12-19)14-11-15(2)3/h7-10,15H,5-6,11,13-14H2,1-4H3. The van der Waals surface area contributed by atoms with Gasteiger partial charge in [0, 0.05) is 37.9 Å². The van der Waals surface area contributed by atoms with Gasteiger partial charge in [0.15, 0.2) is 0 Å². The van der Waals surface area contributed by atoms with Gasteiger partial charge in [-0.15, -0.1) is 0 Å². The molecule has 1 aromatic carbocycles. The fraction of sp³-hybridized carbons (Fsp3) is 0.556. The van der Waals surface area contributed by atoms with E-state index in [1.807, 2.05) is 31.3 Å². The topological polar surface area (TPSA) is 47.3 Å². The third kappa shape index (κ3) is 5.40. The van der Waals surface area contributed by atoms with E-state index in [2.05, 4.69) is 31.7 Å². The number of amides is 1. The molecule has 0 aromatic heterocycles. The molecule has 22 heavy (non-hydrogen) atoms. The van der Waals surface area contributed by atoms with Crippen molar-refractivity contribution in [2.75, 3.05) is 31.6 Å². The van der Waals surface area contributed by atoms with Gasteiger partial charge in [-0.2, -0.15) is 5.26 Å². The first-order valence-corrected chi connectivity index (χ1v) is 7.97. The molecule has 4 heteroatoms. The van der Waals surface area contributed by atoms with Crippen LogP contribution >= 0.6 is 0 Å². The van der Waals surface area contributed by atoms with Crippen LogP contribution in [0, 0.1) is 17.2 Å². The molecule has 0 aliphatic rings. The molecule has 0 radical (unpaired) electrons. The SMILES string of the molecule is CCN(C)c1ccc(C(=O)N(CCC#N)CCC(C)C)cc1. The molecule has 1 amide bonds. The minimum Gasteiger partial charge on any atom is -0.375 e. The monoisotopic (exact) mass is 301 g/mol. The van der Waals surface area contributed by atoms with Crippen LogP contribution < -0.4 is 4.90 Å². The van der Waals surface area contributed by atoms with Gasteiger partial charge < -0.3 is 9.80 Å². The number of benzene rings is 1. The Hall–Kier alpha value is -2.02. The molecule has 0 saturated heterocycles. The van der Waals surface area contributed by atoms with Crippen molar-refractivity contribution in [2.45, 2.75) is 33.6 Å². The Bertz CT molecular complexity index is 502. The Labute approximate surface area is 134 Å². The van der Waals surface area contributed by atoms with Crippen molar-refractivity contribution in [2.24, 2.45) is 5.92 Å². The lowest BCUT2D eigenvalue weighted by molar-refractivity contribution is 0.0752. The van der Waals surface area contributed by atoms with Crippen LogP contribution in [0.1, 0.15) is 44.0 Å². The summed E-state index contributed by atoms with van der Waals surface area (Å²) in [4.78, 5) is 16.5. The fourth-order valence-electron chi connectivity index (χ4n) is 2.14. The highest BCUT2D eigenvalue weighted by Crippen LogP contribution is 2.15. The van der Waals surface area contributed by atoms with E-state index in [1.54, 1.807) is 4.90 Å². The van der Waals surface area contributed by atoms with E-state index in [4.69, 9.17) is 5.26 Å². The molecule has 120 valence electrons. The maximum Gasteiger partial charge on any atom is 0.253 e. The molecule has 0 fully saturated rings. The summed E-state index contributed by atoms with van der Waals surface area (Å²) in [5, 5.41) is 8.78. The molecule has 0 atom stereocenters. The lowest BCUT2D eigenvalue weighted by atomic mass is 10.1. The number of hydrogen-bond donors (Lipinski definition) is 0. The Kier molecular flexibility index (Phi) is 7.45. The van der Waals surface area contributed by atoms with E-state index in [9.17, 15) is 4.79 Å². The third-order valence-corrected chi connectivity index (χ3v) is 3.79. The highest BCUT2D eigenvalue weighted by atomic mass is 16.2. The van der Waals surface area contributed by atoms with E-state index in [-0.39, 0.29) is 5.91 Å². The number of nitrogens with zero attached hydrogens (tertiary/aromatic N) is 3. The highest BCUT2D eigenvalue weighted by Gasteiger charge is 2.16. The van der Waals surface area contributed by atoms with Gasteiger partial charge in [0.25, 0.3) is 5.91 Å². The maximum absolute atomic E-state index is 12.6. The Balaban J connectivity index is 2.81. The zero-order chi connectivity index (χ0) is 16.5. The molecule has 1 rings (SSSR count). The van der Waals surface area contributed by atoms with Crippen LogP contribution in [-0.2, 0) is 0 Å². The van der Waals surface area contributed by atoms with Crippen LogP contribution in [-0.4, -0.2) is 37.5 Å². The van der Waals surface area contributed by atoms with Crippen LogP contribution in [0.3, 0.4) is 0 Å². The van der Waals surface area contributed by atoms with E-state index >= 15 is 0 Å². The molecule has 0 aliphatic carbocycles. The molecular weight excluding hydrogens is 274 g/mol. The summed E-state index contributed by atoms with van der Waals surface area (Å²) in [6, 6.07) is 9.82. The lowest BCUT2D eigenvalue weighted by Crippen LogP contribution is -2.33. The number of anilines is 1. The van der Waals surface area contributed by atoms with Crippen LogP contribution in [0.25, 0.3) is 0 Å². The molecule has 0 spiro atoms. The average molecular weight is 301 g/mol. The molecular formula is C18H27N3O. The molecule has 1 aromatic rings. The zero-order valence-electron chi connectivity index (χ0n) is 14.2. The smallest absolute Gasteiger partial charge is 0.253 e. The predicted octanol–water partition coefficient (Wildman–Crippen LogP) is 3.54.